The van der Waals surface area contributed by atoms with Crippen LogP contribution in [-0.4, -0.2) is 5.78 Å². The lowest BCUT2D eigenvalue weighted by molar-refractivity contribution is 0.103. The van der Waals surface area contributed by atoms with Crippen LogP contribution in [0.2, 0.25) is 0 Å². The van der Waals surface area contributed by atoms with Gasteiger partial charge in [0, 0.05) is 16.5 Å². The third-order valence-corrected chi connectivity index (χ3v) is 8.48. The molecule has 1 aliphatic rings. The van der Waals surface area contributed by atoms with Crippen molar-refractivity contribution in [3.63, 3.8) is 0 Å². The molecule has 0 saturated carbocycles. The second-order valence-electron chi connectivity index (χ2n) is 11.4. The molecule has 196 valence electrons. The van der Waals surface area contributed by atoms with Gasteiger partial charge in [-0.2, -0.15) is 0 Å². The van der Waals surface area contributed by atoms with E-state index in [1.807, 2.05) is 24.3 Å². The molecule has 1 nitrogen and oxygen atoms in total. The van der Waals surface area contributed by atoms with E-state index in [1.54, 1.807) is 0 Å². The van der Waals surface area contributed by atoms with Crippen LogP contribution in [0.25, 0.3) is 44.5 Å². The highest BCUT2D eigenvalue weighted by Crippen LogP contribution is 2.44. The Kier molecular flexibility index (Phi) is 6.02. The molecule has 0 aromatic heterocycles. The number of rotatable bonds is 4. The summed E-state index contributed by atoms with van der Waals surface area (Å²) < 4.78 is 0. The van der Waals surface area contributed by atoms with Crippen molar-refractivity contribution in [2.75, 3.05) is 0 Å². The largest absolute Gasteiger partial charge is 0.289 e. The predicted octanol–water partition coefficient (Wildman–Crippen LogP) is 10.2. The summed E-state index contributed by atoms with van der Waals surface area (Å²) in [4.78, 5) is 13.8. The number of fused-ring (bicyclic) bond motifs is 2. The summed E-state index contributed by atoms with van der Waals surface area (Å²) in [5.41, 5.74) is 12.7. The molecular formula is C40H30O. The summed E-state index contributed by atoms with van der Waals surface area (Å²) in [5.74, 6) is 0.100. The van der Waals surface area contributed by atoms with Crippen molar-refractivity contribution in [2.24, 2.45) is 0 Å². The molecule has 0 unspecified atom stereocenters. The average Bonchev–Trinajstić information content (AvgIpc) is 3.04. The monoisotopic (exact) mass is 526 g/mol. The number of ketones is 1. The van der Waals surface area contributed by atoms with Gasteiger partial charge in [-0.3, -0.25) is 4.79 Å². The van der Waals surface area contributed by atoms with Crippen molar-refractivity contribution in [3.8, 4) is 44.5 Å². The lowest BCUT2D eigenvalue weighted by atomic mass is 9.67. The van der Waals surface area contributed by atoms with Gasteiger partial charge >= 0.3 is 0 Å². The van der Waals surface area contributed by atoms with Gasteiger partial charge in [-0.1, -0.05) is 135 Å². The molecule has 1 heteroatoms. The molecule has 6 aromatic rings. The van der Waals surface area contributed by atoms with Gasteiger partial charge in [0.05, 0.1) is 0 Å². The fourth-order valence-corrected chi connectivity index (χ4v) is 6.19. The highest BCUT2D eigenvalue weighted by molar-refractivity contribution is 6.13. The first-order valence-electron chi connectivity index (χ1n) is 14.1. The summed E-state index contributed by atoms with van der Waals surface area (Å²) in [6.07, 6.45) is 0. The van der Waals surface area contributed by atoms with Gasteiger partial charge in [0.2, 0.25) is 0 Å². The molecule has 0 aliphatic heterocycles. The Labute approximate surface area is 241 Å². The van der Waals surface area contributed by atoms with Crippen LogP contribution in [-0.2, 0) is 5.41 Å². The zero-order valence-corrected chi connectivity index (χ0v) is 23.3. The molecule has 0 amide bonds. The second-order valence-corrected chi connectivity index (χ2v) is 11.4. The van der Waals surface area contributed by atoms with Gasteiger partial charge in [0.1, 0.15) is 0 Å². The summed E-state index contributed by atoms with van der Waals surface area (Å²) >= 11 is 0. The van der Waals surface area contributed by atoms with Gasteiger partial charge in [-0.15, -0.1) is 0 Å². The van der Waals surface area contributed by atoms with Crippen LogP contribution in [0.3, 0.4) is 0 Å². The van der Waals surface area contributed by atoms with E-state index in [9.17, 15) is 4.79 Å². The van der Waals surface area contributed by atoms with Crippen LogP contribution in [0.5, 0.6) is 0 Å². The number of hydrogen-bond donors (Lipinski definition) is 0. The molecule has 0 heterocycles. The Hall–Kier alpha value is -5.01. The molecule has 0 spiro atoms. The van der Waals surface area contributed by atoms with Crippen LogP contribution in [0.1, 0.15) is 40.9 Å². The smallest absolute Gasteiger partial charge is 0.193 e. The zero-order chi connectivity index (χ0) is 28.0. The van der Waals surface area contributed by atoms with Crippen LogP contribution in [0.15, 0.2) is 146 Å². The first-order valence-corrected chi connectivity index (χ1v) is 14.1. The van der Waals surface area contributed by atoms with Crippen molar-refractivity contribution >= 4 is 5.78 Å². The maximum atomic E-state index is 13.8. The second kappa shape index (κ2) is 9.87. The summed E-state index contributed by atoms with van der Waals surface area (Å²) in [5, 5.41) is 0. The molecule has 1 aliphatic carbocycles. The Bertz CT molecular complexity index is 1770. The predicted molar refractivity (Wildman–Crippen MR) is 170 cm³/mol. The van der Waals surface area contributed by atoms with Gasteiger partial charge in [0.15, 0.2) is 5.78 Å². The van der Waals surface area contributed by atoms with Crippen molar-refractivity contribution in [1.82, 2.24) is 0 Å². The third-order valence-electron chi connectivity index (χ3n) is 8.48. The topological polar surface area (TPSA) is 17.1 Å². The average molecular weight is 527 g/mol. The van der Waals surface area contributed by atoms with E-state index in [-0.39, 0.29) is 11.2 Å². The lowest BCUT2D eigenvalue weighted by Crippen LogP contribution is -2.30. The Balaban J connectivity index is 1.29. The normalized spacial score (nSPS) is 13.4. The van der Waals surface area contributed by atoms with Gasteiger partial charge < -0.3 is 0 Å². The summed E-state index contributed by atoms with van der Waals surface area (Å²) in [6.45, 7) is 4.48. The maximum absolute atomic E-state index is 13.8. The Morgan fingerprint density at radius 3 is 1.12 bits per heavy atom. The molecule has 0 bridgehead atoms. The minimum atomic E-state index is -0.335. The first kappa shape index (κ1) is 25.0. The van der Waals surface area contributed by atoms with E-state index >= 15 is 0 Å². The van der Waals surface area contributed by atoms with Crippen LogP contribution in [0.4, 0.5) is 0 Å². The van der Waals surface area contributed by atoms with Gasteiger partial charge in [0.25, 0.3) is 0 Å². The fraction of sp³-hybridized carbons (Fsp3) is 0.0750. The SMILES string of the molecule is CC1(C)c2cc(-c3cccc(-c4ccccc4)c3)ccc2C(=O)c2ccc(-c3cccc(-c4ccccc4)c3)cc21. The highest BCUT2D eigenvalue weighted by Gasteiger charge is 2.37. The van der Waals surface area contributed by atoms with Crippen LogP contribution < -0.4 is 0 Å². The van der Waals surface area contributed by atoms with Gasteiger partial charge in [-0.25, -0.2) is 0 Å². The van der Waals surface area contributed by atoms with E-state index in [0.717, 1.165) is 44.5 Å². The Morgan fingerprint density at radius 1 is 0.366 bits per heavy atom. The van der Waals surface area contributed by atoms with Crippen LogP contribution >= 0.6 is 0 Å². The minimum Gasteiger partial charge on any atom is -0.289 e. The zero-order valence-electron chi connectivity index (χ0n) is 23.3. The molecule has 7 rings (SSSR count). The molecule has 0 saturated heterocycles. The molecule has 41 heavy (non-hydrogen) atoms. The summed E-state index contributed by atoms with van der Waals surface area (Å²) in [6, 6.07) is 50.9. The summed E-state index contributed by atoms with van der Waals surface area (Å²) in [7, 11) is 0. The number of carbonyl (C=O) groups is 1. The molecule has 0 fully saturated rings. The molecule has 0 atom stereocenters. The fourth-order valence-electron chi connectivity index (χ4n) is 6.19. The van der Waals surface area contributed by atoms with E-state index in [4.69, 9.17) is 0 Å². The highest BCUT2D eigenvalue weighted by atomic mass is 16.1. The minimum absolute atomic E-state index is 0.100. The first-order chi connectivity index (χ1) is 20.0. The molecule has 0 radical (unpaired) electrons. The molecule has 6 aromatic carbocycles. The van der Waals surface area contributed by atoms with Crippen molar-refractivity contribution in [2.45, 2.75) is 19.3 Å². The molecular weight excluding hydrogens is 496 g/mol. The van der Waals surface area contributed by atoms with E-state index < -0.39 is 0 Å². The Morgan fingerprint density at radius 2 is 0.707 bits per heavy atom. The number of carbonyl (C=O) groups excluding carboxylic acids is 1. The van der Waals surface area contributed by atoms with Crippen molar-refractivity contribution < 1.29 is 4.79 Å². The van der Waals surface area contributed by atoms with Crippen LogP contribution in [0, 0.1) is 0 Å². The lowest BCUT2D eigenvalue weighted by Gasteiger charge is -2.35. The van der Waals surface area contributed by atoms with Crippen molar-refractivity contribution in [3.05, 3.63) is 168 Å². The standard InChI is InChI=1S/C40H30O/c1-40(2)37-25-33(31-17-9-15-29(23-31)27-11-5-3-6-12-27)19-21-35(37)39(41)36-22-20-34(26-38(36)40)32-18-10-16-30(24-32)28-13-7-4-8-14-28/h3-26H,1-2H3. The number of benzene rings is 6. The van der Waals surface area contributed by atoms with Crippen molar-refractivity contribution in [1.29, 1.82) is 0 Å². The van der Waals surface area contributed by atoms with Gasteiger partial charge in [-0.05, 0) is 79.9 Å². The number of hydrogen-bond acceptors (Lipinski definition) is 1. The van der Waals surface area contributed by atoms with E-state index in [1.165, 1.54) is 22.3 Å². The van der Waals surface area contributed by atoms with E-state index in [2.05, 4.69) is 135 Å². The molecule has 0 N–H and O–H groups in total. The maximum Gasteiger partial charge on any atom is 0.193 e. The van der Waals surface area contributed by atoms with E-state index in [0.29, 0.717) is 0 Å². The quantitative estimate of drug-likeness (QED) is 0.223. The third kappa shape index (κ3) is 4.40.